The van der Waals surface area contributed by atoms with Gasteiger partial charge in [-0.2, -0.15) is 4.99 Å². The van der Waals surface area contributed by atoms with Gasteiger partial charge < -0.3 is 9.30 Å². The molecular weight excluding hydrogens is 312 g/mol. The first-order chi connectivity index (χ1) is 10.7. The number of aromatic nitrogens is 1. The number of carbonyl (C=O) groups is 2. The molecule has 0 aliphatic rings. The van der Waals surface area contributed by atoms with Crippen LogP contribution in [0.5, 0.6) is 0 Å². The molecule has 0 unspecified atom stereocenters. The minimum Gasteiger partial charge on any atom is -0.469 e. The maximum atomic E-state index is 12.3. The van der Waals surface area contributed by atoms with E-state index in [0.29, 0.717) is 11.3 Å². The van der Waals surface area contributed by atoms with Gasteiger partial charge in [0.2, 0.25) is 0 Å². The van der Waals surface area contributed by atoms with Crippen LogP contribution in [0, 0.1) is 12.3 Å². The fourth-order valence-corrected chi connectivity index (χ4v) is 3.19. The Bertz CT molecular complexity index is 809. The number of nitrogens with zero attached hydrogens (tertiary/aromatic N) is 2. The maximum Gasteiger partial charge on any atom is 0.307 e. The van der Waals surface area contributed by atoms with Crippen molar-refractivity contribution in [1.29, 1.82) is 0 Å². The van der Waals surface area contributed by atoms with E-state index in [9.17, 15) is 9.59 Å². The summed E-state index contributed by atoms with van der Waals surface area (Å²) in [6.45, 7) is 7.99. The summed E-state index contributed by atoms with van der Waals surface area (Å²) in [6, 6.07) is 6.08. The molecule has 1 amide bonds. The summed E-state index contributed by atoms with van der Waals surface area (Å²) in [5.41, 5.74) is 1.59. The third-order valence-electron chi connectivity index (χ3n) is 3.44. The van der Waals surface area contributed by atoms with E-state index in [0.717, 1.165) is 15.8 Å². The smallest absolute Gasteiger partial charge is 0.307 e. The zero-order valence-corrected chi connectivity index (χ0v) is 15.0. The summed E-state index contributed by atoms with van der Waals surface area (Å²) < 4.78 is 7.68. The molecule has 0 bridgehead atoms. The van der Waals surface area contributed by atoms with E-state index in [1.807, 2.05) is 44.4 Å². The number of methoxy groups -OCH3 is 1. The lowest BCUT2D eigenvalue weighted by molar-refractivity contribution is -0.140. The number of rotatable bonds is 3. The molecule has 0 radical (unpaired) electrons. The Morgan fingerprint density at radius 3 is 2.61 bits per heavy atom. The topological polar surface area (TPSA) is 60.7 Å². The number of benzene rings is 1. The Balaban J connectivity index is 2.55. The molecule has 23 heavy (non-hydrogen) atoms. The lowest BCUT2D eigenvalue weighted by Gasteiger charge is -2.12. The molecule has 2 rings (SSSR count). The van der Waals surface area contributed by atoms with Crippen LogP contribution in [0.4, 0.5) is 0 Å². The minimum absolute atomic E-state index is 0.174. The van der Waals surface area contributed by atoms with Crippen molar-refractivity contribution in [3.05, 3.63) is 28.6 Å². The van der Waals surface area contributed by atoms with Crippen molar-refractivity contribution in [3.63, 3.8) is 0 Å². The van der Waals surface area contributed by atoms with E-state index in [1.54, 1.807) is 0 Å². The second kappa shape index (κ2) is 6.66. The van der Waals surface area contributed by atoms with Crippen molar-refractivity contribution in [2.75, 3.05) is 7.11 Å². The zero-order valence-electron chi connectivity index (χ0n) is 14.2. The number of aryl methyl sites for hydroxylation is 2. The van der Waals surface area contributed by atoms with Gasteiger partial charge >= 0.3 is 5.97 Å². The van der Waals surface area contributed by atoms with Crippen LogP contribution in [0.3, 0.4) is 0 Å². The highest BCUT2D eigenvalue weighted by Crippen LogP contribution is 2.20. The minimum atomic E-state index is -0.535. The van der Waals surface area contributed by atoms with E-state index < -0.39 is 5.41 Å². The van der Waals surface area contributed by atoms with Gasteiger partial charge in [0.05, 0.1) is 23.7 Å². The van der Waals surface area contributed by atoms with Crippen LogP contribution in [0.2, 0.25) is 0 Å². The second-order valence-corrected chi connectivity index (χ2v) is 7.51. The highest BCUT2D eigenvalue weighted by atomic mass is 32.1. The fourth-order valence-electron chi connectivity index (χ4n) is 2.04. The first kappa shape index (κ1) is 17.4. The first-order valence-electron chi connectivity index (χ1n) is 7.48. The molecule has 0 saturated carbocycles. The van der Waals surface area contributed by atoms with E-state index in [-0.39, 0.29) is 18.3 Å². The summed E-state index contributed by atoms with van der Waals surface area (Å²) in [7, 11) is 1.37. The molecule has 0 saturated heterocycles. The summed E-state index contributed by atoms with van der Waals surface area (Å²) in [4.78, 5) is 28.6. The lowest BCUT2D eigenvalue weighted by Crippen LogP contribution is -2.24. The van der Waals surface area contributed by atoms with Gasteiger partial charge in [0, 0.05) is 12.0 Å². The van der Waals surface area contributed by atoms with Gasteiger partial charge in [-0.25, -0.2) is 0 Å². The Hall–Kier alpha value is -1.95. The number of thiazole rings is 1. The molecule has 2 aromatic rings. The standard InChI is InChI=1S/C17H22N2O3S/c1-11-6-7-12-13(10-11)23-16(18-15(21)17(2,3)4)19(12)9-8-14(20)22-5/h6-7,10H,8-9H2,1-5H3. The third kappa shape index (κ3) is 4.07. The molecule has 1 aromatic heterocycles. The molecule has 0 aliphatic carbocycles. The van der Waals surface area contributed by atoms with Gasteiger partial charge in [-0.15, -0.1) is 0 Å². The number of hydrogen-bond acceptors (Lipinski definition) is 4. The number of carbonyl (C=O) groups excluding carboxylic acids is 2. The summed E-state index contributed by atoms with van der Waals surface area (Å²) >= 11 is 1.47. The lowest BCUT2D eigenvalue weighted by atomic mass is 9.96. The monoisotopic (exact) mass is 334 g/mol. The molecule has 0 fully saturated rings. The Labute approximate surface area is 139 Å². The highest BCUT2D eigenvalue weighted by Gasteiger charge is 2.21. The van der Waals surface area contributed by atoms with E-state index in [1.165, 1.54) is 18.4 Å². The van der Waals surface area contributed by atoms with Gasteiger partial charge in [0.1, 0.15) is 0 Å². The molecule has 0 spiro atoms. The van der Waals surface area contributed by atoms with Crippen LogP contribution < -0.4 is 4.80 Å². The first-order valence-corrected chi connectivity index (χ1v) is 8.30. The van der Waals surface area contributed by atoms with Crippen molar-refractivity contribution < 1.29 is 14.3 Å². The number of hydrogen-bond donors (Lipinski definition) is 0. The van der Waals surface area contributed by atoms with Crippen LogP contribution in [0.1, 0.15) is 32.8 Å². The molecule has 124 valence electrons. The van der Waals surface area contributed by atoms with Crippen molar-refractivity contribution in [1.82, 2.24) is 4.57 Å². The van der Waals surface area contributed by atoms with Gasteiger partial charge in [-0.05, 0) is 24.6 Å². The van der Waals surface area contributed by atoms with Crippen molar-refractivity contribution in [2.24, 2.45) is 10.4 Å². The average Bonchev–Trinajstić information content (AvgIpc) is 2.80. The van der Waals surface area contributed by atoms with Gasteiger partial charge in [0.15, 0.2) is 4.80 Å². The van der Waals surface area contributed by atoms with Crippen molar-refractivity contribution >= 4 is 33.4 Å². The highest BCUT2D eigenvalue weighted by molar-refractivity contribution is 7.16. The summed E-state index contributed by atoms with van der Waals surface area (Å²) in [5.74, 6) is -0.454. The molecule has 0 atom stereocenters. The second-order valence-electron chi connectivity index (χ2n) is 6.50. The SMILES string of the molecule is COC(=O)CCn1c(=NC(=O)C(C)(C)C)sc2cc(C)ccc21. The quantitative estimate of drug-likeness (QED) is 0.811. The number of ether oxygens (including phenoxy) is 1. The summed E-state index contributed by atoms with van der Waals surface area (Å²) in [5, 5.41) is 0. The van der Waals surface area contributed by atoms with Crippen molar-refractivity contribution in [3.8, 4) is 0 Å². The van der Waals surface area contributed by atoms with Crippen LogP contribution in [-0.4, -0.2) is 23.6 Å². The van der Waals surface area contributed by atoms with Gasteiger partial charge in [-0.3, -0.25) is 9.59 Å². The van der Waals surface area contributed by atoms with Crippen LogP contribution in [0.25, 0.3) is 10.2 Å². The maximum absolute atomic E-state index is 12.3. The van der Waals surface area contributed by atoms with Crippen molar-refractivity contribution in [2.45, 2.75) is 40.7 Å². The Morgan fingerprint density at radius 2 is 2.00 bits per heavy atom. The number of fused-ring (bicyclic) bond motifs is 1. The fraction of sp³-hybridized carbons (Fsp3) is 0.471. The molecule has 0 N–H and O–H groups in total. The summed E-state index contributed by atoms with van der Waals surface area (Å²) in [6.07, 6.45) is 0.243. The molecular formula is C17H22N2O3S. The molecule has 0 aliphatic heterocycles. The molecule has 1 heterocycles. The predicted octanol–water partition coefficient (Wildman–Crippen LogP) is 3.05. The molecule has 1 aromatic carbocycles. The van der Waals surface area contributed by atoms with Crippen LogP contribution >= 0.6 is 11.3 Å². The molecule has 6 heteroatoms. The largest absolute Gasteiger partial charge is 0.469 e. The Morgan fingerprint density at radius 1 is 1.30 bits per heavy atom. The average molecular weight is 334 g/mol. The predicted molar refractivity (Wildman–Crippen MR) is 91.2 cm³/mol. The normalized spacial score (nSPS) is 12.7. The van der Waals surface area contributed by atoms with Crippen LogP contribution in [0.15, 0.2) is 23.2 Å². The van der Waals surface area contributed by atoms with E-state index >= 15 is 0 Å². The Kier molecular flexibility index (Phi) is 5.04. The molecule has 5 nitrogen and oxygen atoms in total. The zero-order chi connectivity index (χ0) is 17.2. The number of esters is 1. The van der Waals surface area contributed by atoms with E-state index in [4.69, 9.17) is 4.74 Å². The van der Waals surface area contributed by atoms with Crippen LogP contribution in [-0.2, 0) is 20.9 Å². The van der Waals surface area contributed by atoms with Gasteiger partial charge in [0.25, 0.3) is 5.91 Å². The van der Waals surface area contributed by atoms with Gasteiger partial charge in [-0.1, -0.05) is 38.2 Å². The number of amides is 1. The third-order valence-corrected chi connectivity index (χ3v) is 4.49. The van der Waals surface area contributed by atoms with E-state index in [2.05, 4.69) is 11.1 Å².